The van der Waals surface area contributed by atoms with E-state index in [1.165, 1.54) is 6.42 Å². The first-order valence-electron chi connectivity index (χ1n) is 6.08. The second-order valence-corrected chi connectivity index (χ2v) is 5.58. The lowest BCUT2D eigenvalue weighted by atomic mass is 9.91. The molecule has 0 bridgehead atoms. The van der Waals surface area contributed by atoms with Crippen molar-refractivity contribution in [3.8, 4) is 0 Å². The molecule has 0 aromatic carbocycles. The van der Waals surface area contributed by atoms with Gasteiger partial charge in [0.25, 0.3) is 0 Å². The van der Waals surface area contributed by atoms with E-state index in [4.69, 9.17) is 5.11 Å². The van der Waals surface area contributed by atoms with Crippen LogP contribution < -0.4 is 5.32 Å². The molecule has 1 fully saturated rings. The Bertz CT molecular complexity index is 232. The van der Waals surface area contributed by atoms with Gasteiger partial charge in [0, 0.05) is 18.1 Å². The molecule has 0 aromatic rings. The van der Waals surface area contributed by atoms with Gasteiger partial charge in [-0.3, -0.25) is 9.69 Å². The molecule has 1 amide bonds. The van der Waals surface area contributed by atoms with Gasteiger partial charge in [0.15, 0.2) is 0 Å². The van der Waals surface area contributed by atoms with Crippen LogP contribution in [-0.2, 0) is 4.79 Å². The molecule has 0 spiro atoms. The second kappa shape index (κ2) is 5.64. The van der Waals surface area contributed by atoms with Crippen LogP contribution in [0.15, 0.2) is 0 Å². The number of hydrogen-bond acceptors (Lipinski definition) is 3. The molecule has 0 saturated heterocycles. The number of nitrogens with zero attached hydrogens (tertiary/aromatic N) is 1. The third kappa shape index (κ3) is 4.49. The van der Waals surface area contributed by atoms with Crippen LogP contribution in [0.1, 0.15) is 40.0 Å². The van der Waals surface area contributed by atoms with Crippen LogP contribution in [0, 0.1) is 0 Å². The summed E-state index contributed by atoms with van der Waals surface area (Å²) in [4.78, 5) is 13.8. The summed E-state index contributed by atoms with van der Waals surface area (Å²) in [5.74, 6) is 0.0489. The first-order valence-corrected chi connectivity index (χ1v) is 6.08. The monoisotopic (exact) mass is 228 g/mol. The van der Waals surface area contributed by atoms with Crippen molar-refractivity contribution in [1.82, 2.24) is 10.2 Å². The van der Waals surface area contributed by atoms with E-state index in [2.05, 4.69) is 10.2 Å². The van der Waals surface area contributed by atoms with E-state index in [9.17, 15) is 4.79 Å². The van der Waals surface area contributed by atoms with Gasteiger partial charge in [0.1, 0.15) is 0 Å². The Kier molecular flexibility index (Phi) is 4.74. The molecule has 0 aliphatic heterocycles. The number of nitrogens with one attached hydrogen (secondary N) is 1. The van der Waals surface area contributed by atoms with Crippen molar-refractivity contribution in [1.29, 1.82) is 0 Å². The van der Waals surface area contributed by atoms with Crippen molar-refractivity contribution < 1.29 is 9.90 Å². The molecule has 4 nitrogen and oxygen atoms in total. The maximum Gasteiger partial charge on any atom is 0.234 e. The lowest BCUT2D eigenvalue weighted by Gasteiger charge is -2.37. The van der Waals surface area contributed by atoms with Crippen molar-refractivity contribution in [3.05, 3.63) is 0 Å². The molecule has 0 radical (unpaired) electrons. The van der Waals surface area contributed by atoms with Gasteiger partial charge in [-0.1, -0.05) is 6.42 Å². The molecule has 1 saturated carbocycles. The summed E-state index contributed by atoms with van der Waals surface area (Å²) in [5, 5.41) is 11.9. The third-order valence-electron chi connectivity index (χ3n) is 2.84. The number of hydrogen-bond donors (Lipinski definition) is 2. The molecule has 1 rings (SSSR count). The average Bonchev–Trinajstić information content (AvgIpc) is 1.96. The summed E-state index contributed by atoms with van der Waals surface area (Å²) in [7, 11) is 0. The minimum Gasteiger partial charge on any atom is -0.395 e. The Morgan fingerprint density at radius 3 is 2.44 bits per heavy atom. The van der Waals surface area contributed by atoms with Crippen molar-refractivity contribution >= 4 is 5.91 Å². The van der Waals surface area contributed by atoms with Gasteiger partial charge >= 0.3 is 0 Å². The van der Waals surface area contributed by atoms with Gasteiger partial charge in [0.05, 0.1) is 13.2 Å². The third-order valence-corrected chi connectivity index (χ3v) is 2.84. The molecule has 0 unspecified atom stereocenters. The number of carbonyl (C=O) groups excluding carboxylic acids is 1. The zero-order valence-electron chi connectivity index (χ0n) is 10.6. The van der Waals surface area contributed by atoms with E-state index in [1.54, 1.807) is 0 Å². The quantitative estimate of drug-likeness (QED) is 0.730. The Hall–Kier alpha value is -0.610. The molecule has 0 aromatic heterocycles. The fourth-order valence-electron chi connectivity index (χ4n) is 1.91. The van der Waals surface area contributed by atoms with Gasteiger partial charge in [-0.2, -0.15) is 0 Å². The highest BCUT2D eigenvalue weighted by Gasteiger charge is 2.26. The van der Waals surface area contributed by atoms with Gasteiger partial charge in [-0.05, 0) is 33.6 Å². The lowest BCUT2D eigenvalue weighted by Crippen LogP contribution is -2.50. The van der Waals surface area contributed by atoms with Crippen LogP contribution >= 0.6 is 0 Å². The zero-order valence-corrected chi connectivity index (χ0v) is 10.6. The van der Waals surface area contributed by atoms with Crippen molar-refractivity contribution in [2.24, 2.45) is 0 Å². The molecule has 1 aliphatic rings. The summed E-state index contributed by atoms with van der Waals surface area (Å²) in [6, 6.07) is 0.498. The molecular weight excluding hydrogens is 204 g/mol. The normalized spacial score (nSPS) is 17.3. The van der Waals surface area contributed by atoms with Crippen molar-refractivity contribution in [2.45, 2.75) is 51.6 Å². The molecule has 16 heavy (non-hydrogen) atoms. The summed E-state index contributed by atoms with van der Waals surface area (Å²) < 4.78 is 0. The maximum atomic E-state index is 11.8. The predicted molar refractivity (Wildman–Crippen MR) is 64.2 cm³/mol. The van der Waals surface area contributed by atoms with Gasteiger partial charge in [-0.15, -0.1) is 0 Å². The highest BCUT2D eigenvalue weighted by Crippen LogP contribution is 2.24. The zero-order chi connectivity index (χ0) is 12.2. The largest absolute Gasteiger partial charge is 0.395 e. The Labute approximate surface area is 98.0 Å². The molecule has 94 valence electrons. The Morgan fingerprint density at radius 2 is 2.06 bits per heavy atom. The topological polar surface area (TPSA) is 52.6 Å². The predicted octanol–water partition coefficient (Wildman–Crippen LogP) is 0.748. The molecule has 4 heteroatoms. The smallest absolute Gasteiger partial charge is 0.234 e. The average molecular weight is 228 g/mol. The van der Waals surface area contributed by atoms with E-state index >= 15 is 0 Å². The highest BCUT2D eigenvalue weighted by atomic mass is 16.3. The van der Waals surface area contributed by atoms with E-state index in [-0.39, 0.29) is 18.1 Å². The van der Waals surface area contributed by atoms with Crippen LogP contribution in [-0.4, -0.2) is 47.2 Å². The number of aliphatic hydroxyl groups excluding tert-OH is 1. The summed E-state index contributed by atoms with van der Waals surface area (Å²) in [6.07, 6.45) is 3.55. The molecule has 0 heterocycles. The fourth-order valence-corrected chi connectivity index (χ4v) is 1.91. The van der Waals surface area contributed by atoms with E-state index in [0.717, 1.165) is 12.8 Å². The lowest BCUT2D eigenvalue weighted by molar-refractivity contribution is -0.124. The number of amides is 1. The van der Waals surface area contributed by atoms with E-state index in [1.807, 2.05) is 20.8 Å². The molecule has 1 aliphatic carbocycles. The van der Waals surface area contributed by atoms with Crippen LogP contribution in [0.4, 0.5) is 0 Å². The standard InChI is InChI=1S/C12H24N2O2/c1-12(2,3)13-11(16)9-14(7-8-15)10-5-4-6-10/h10,15H,4-9H2,1-3H3,(H,13,16). The first-order chi connectivity index (χ1) is 7.42. The van der Waals surface area contributed by atoms with Crippen molar-refractivity contribution in [2.75, 3.05) is 19.7 Å². The second-order valence-electron chi connectivity index (χ2n) is 5.58. The first kappa shape index (κ1) is 13.5. The molecule has 0 atom stereocenters. The van der Waals surface area contributed by atoms with Crippen LogP contribution in [0.2, 0.25) is 0 Å². The molecule has 2 N–H and O–H groups in total. The van der Waals surface area contributed by atoms with Gasteiger partial charge < -0.3 is 10.4 Å². The van der Waals surface area contributed by atoms with Crippen LogP contribution in [0.3, 0.4) is 0 Å². The maximum absolute atomic E-state index is 11.8. The molecular formula is C12H24N2O2. The van der Waals surface area contributed by atoms with Crippen LogP contribution in [0.5, 0.6) is 0 Å². The Morgan fingerprint density at radius 1 is 1.44 bits per heavy atom. The SMILES string of the molecule is CC(C)(C)NC(=O)CN(CCO)C1CCC1. The highest BCUT2D eigenvalue weighted by molar-refractivity contribution is 5.78. The minimum absolute atomic E-state index is 0.0489. The van der Waals surface area contributed by atoms with Crippen molar-refractivity contribution in [3.63, 3.8) is 0 Å². The van der Waals surface area contributed by atoms with E-state index in [0.29, 0.717) is 19.1 Å². The summed E-state index contributed by atoms with van der Waals surface area (Å²) >= 11 is 0. The Balaban J connectivity index is 2.38. The van der Waals surface area contributed by atoms with E-state index < -0.39 is 0 Å². The minimum atomic E-state index is -0.179. The van der Waals surface area contributed by atoms with Crippen LogP contribution in [0.25, 0.3) is 0 Å². The summed E-state index contributed by atoms with van der Waals surface area (Å²) in [5.41, 5.74) is -0.179. The number of aliphatic hydroxyl groups is 1. The fraction of sp³-hybridized carbons (Fsp3) is 0.917. The number of carbonyl (C=O) groups is 1. The number of rotatable bonds is 5. The van der Waals surface area contributed by atoms with Gasteiger partial charge in [-0.25, -0.2) is 0 Å². The van der Waals surface area contributed by atoms with Gasteiger partial charge in [0.2, 0.25) is 5.91 Å². The summed E-state index contributed by atoms with van der Waals surface area (Å²) in [6.45, 7) is 7.06.